The van der Waals surface area contributed by atoms with E-state index < -0.39 is 0 Å². The van der Waals surface area contributed by atoms with Crippen molar-refractivity contribution in [1.29, 1.82) is 0 Å². The van der Waals surface area contributed by atoms with Gasteiger partial charge in [0.25, 0.3) is 0 Å². The summed E-state index contributed by atoms with van der Waals surface area (Å²) in [4.78, 5) is 4.24. The van der Waals surface area contributed by atoms with Crippen LogP contribution in [0.25, 0.3) is 0 Å². The van der Waals surface area contributed by atoms with Crippen molar-refractivity contribution in [2.24, 2.45) is 5.92 Å². The first-order valence-electron chi connectivity index (χ1n) is 6.44. The Morgan fingerprint density at radius 3 is 2.85 bits per heavy atom. The summed E-state index contributed by atoms with van der Waals surface area (Å²) in [5.74, 6) is 2.61. The largest absolute Gasteiger partial charge is 0.484 e. The topological polar surface area (TPSA) is 39.9 Å². The van der Waals surface area contributed by atoms with Gasteiger partial charge >= 0.3 is 0 Å². The Hall–Kier alpha value is -1.07. The molecule has 1 aromatic carbocycles. The molecule has 0 saturated heterocycles. The molecule has 4 nitrogen and oxygen atoms in total. The lowest BCUT2D eigenvalue weighted by molar-refractivity contribution is 0.281. The number of ether oxygens (including phenoxy) is 1. The van der Waals surface area contributed by atoms with Crippen LogP contribution < -0.4 is 4.74 Å². The first-order chi connectivity index (χ1) is 9.60. The van der Waals surface area contributed by atoms with Gasteiger partial charge in [-0.15, -0.1) is 11.6 Å². The van der Waals surface area contributed by atoms with E-state index in [9.17, 15) is 0 Å². The number of rotatable bonds is 6. The van der Waals surface area contributed by atoms with Gasteiger partial charge in [-0.2, -0.15) is 5.10 Å². The monoisotopic (exact) mass is 357 g/mol. The number of aromatic nitrogens is 3. The van der Waals surface area contributed by atoms with E-state index in [1.165, 1.54) is 0 Å². The van der Waals surface area contributed by atoms with Crippen LogP contribution in [0.15, 0.2) is 29.0 Å². The quantitative estimate of drug-likeness (QED) is 0.732. The molecule has 0 amide bonds. The van der Waals surface area contributed by atoms with Crippen molar-refractivity contribution in [3.8, 4) is 5.75 Å². The number of halogens is 2. The maximum absolute atomic E-state index is 5.80. The van der Waals surface area contributed by atoms with Gasteiger partial charge in [-0.05, 0) is 39.5 Å². The second-order valence-electron chi connectivity index (χ2n) is 4.94. The Kier molecular flexibility index (Phi) is 5.43. The van der Waals surface area contributed by atoms with Crippen LogP contribution in [0.2, 0.25) is 0 Å². The Morgan fingerprint density at radius 2 is 2.20 bits per heavy atom. The van der Waals surface area contributed by atoms with E-state index in [2.05, 4.69) is 39.9 Å². The molecule has 0 bridgehead atoms. The summed E-state index contributed by atoms with van der Waals surface area (Å²) in [6.07, 6.45) is 1.56. The van der Waals surface area contributed by atoms with Gasteiger partial charge in [0.05, 0.1) is 4.47 Å². The van der Waals surface area contributed by atoms with E-state index >= 15 is 0 Å². The third-order valence-corrected chi connectivity index (χ3v) is 3.67. The zero-order chi connectivity index (χ0) is 14.5. The summed E-state index contributed by atoms with van der Waals surface area (Å²) < 4.78 is 8.56. The highest BCUT2D eigenvalue weighted by Crippen LogP contribution is 2.27. The van der Waals surface area contributed by atoms with E-state index in [0.29, 0.717) is 18.4 Å². The molecule has 0 spiro atoms. The zero-order valence-corrected chi connectivity index (χ0v) is 13.9. The Labute approximate surface area is 132 Å². The maximum Gasteiger partial charge on any atom is 0.164 e. The van der Waals surface area contributed by atoms with Crippen LogP contribution in [0.5, 0.6) is 5.75 Å². The minimum absolute atomic E-state index is 0.394. The van der Waals surface area contributed by atoms with Gasteiger partial charge in [-0.3, -0.25) is 0 Å². The predicted molar refractivity (Wildman–Crippen MR) is 82.9 cm³/mol. The van der Waals surface area contributed by atoms with Crippen molar-refractivity contribution in [3.05, 3.63) is 40.4 Å². The molecule has 0 fully saturated rings. The summed E-state index contributed by atoms with van der Waals surface area (Å²) in [6, 6.07) is 5.82. The average Bonchev–Trinajstić information content (AvgIpc) is 2.83. The summed E-state index contributed by atoms with van der Waals surface area (Å²) >= 11 is 9.28. The molecule has 2 aromatic rings. The molecule has 2 rings (SSSR count). The SMILES string of the molecule is CC(C)Cn1ncnc1COc1ccc(CCl)cc1Br. The number of nitrogens with zero attached hydrogens (tertiary/aromatic N) is 3. The van der Waals surface area contributed by atoms with Crippen LogP contribution in [0.4, 0.5) is 0 Å². The Morgan fingerprint density at radius 1 is 1.40 bits per heavy atom. The van der Waals surface area contributed by atoms with Crippen LogP contribution in [-0.2, 0) is 19.0 Å². The molecule has 0 radical (unpaired) electrons. The molecule has 108 valence electrons. The van der Waals surface area contributed by atoms with Gasteiger partial charge in [0.15, 0.2) is 5.82 Å². The number of hydrogen-bond donors (Lipinski definition) is 0. The fraction of sp³-hybridized carbons (Fsp3) is 0.429. The first kappa shape index (κ1) is 15.3. The summed E-state index contributed by atoms with van der Waals surface area (Å²) in [5, 5.41) is 4.21. The number of hydrogen-bond acceptors (Lipinski definition) is 3. The molecule has 1 heterocycles. The first-order valence-corrected chi connectivity index (χ1v) is 7.76. The van der Waals surface area contributed by atoms with Crippen LogP contribution >= 0.6 is 27.5 Å². The molecule has 0 aliphatic carbocycles. The van der Waals surface area contributed by atoms with Gasteiger partial charge in [0.1, 0.15) is 18.7 Å². The molecule has 0 aliphatic heterocycles. The van der Waals surface area contributed by atoms with Gasteiger partial charge in [0, 0.05) is 12.4 Å². The highest BCUT2D eigenvalue weighted by molar-refractivity contribution is 9.10. The standard InChI is InChI=1S/C14H17BrClN3O/c1-10(2)7-19-14(17-9-18-19)8-20-13-4-3-11(6-16)5-12(13)15/h3-5,9-10H,6-8H2,1-2H3. The minimum atomic E-state index is 0.394. The fourth-order valence-corrected chi connectivity index (χ4v) is 2.49. The second kappa shape index (κ2) is 7.09. The molecule has 1 aromatic heterocycles. The Bertz CT molecular complexity index is 571. The summed E-state index contributed by atoms with van der Waals surface area (Å²) in [6.45, 7) is 5.53. The van der Waals surface area contributed by atoms with E-state index in [-0.39, 0.29) is 0 Å². The van der Waals surface area contributed by atoms with Crippen LogP contribution in [-0.4, -0.2) is 14.8 Å². The van der Waals surface area contributed by atoms with Crippen molar-refractivity contribution in [1.82, 2.24) is 14.8 Å². The molecule has 20 heavy (non-hydrogen) atoms. The maximum atomic E-state index is 5.80. The van der Waals surface area contributed by atoms with E-state index in [4.69, 9.17) is 16.3 Å². The lowest BCUT2D eigenvalue weighted by Crippen LogP contribution is -2.12. The Balaban J connectivity index is 2.03. The van der Waals surface area contributed by atoms with E-state index in [1.807, 2.05) is 22.9 Å². The molecule has 0 atom stereocenters. The highest BCUT2D eigenvalue weighted by atomic mass is 79.9. The van der Waals surface area contributed by atoms with Crippen molar-refractivity contribution >= 4 is 27.5 Å². The third kappa shape index (κ3) is 3.96. The minimum Gasteiger partial charge on any atom is -0.484 e. The van der Waals surface area contributed by atoms with Crippen LogP contribution in [0, 0.1) is 5.92 Å². The molecule has 0 aliphatic rings. The van der Waals surface area contributed by atoms with E-state index in [1.54, 1.807) is 6.33 Å². The normalized spacial score (nSPS) is 11.1. The highest BCUT2D eigenvalue weighted by Gasteiger charge is 2.08. The van der Waals surface area contributed by atoms with Crippen molar-refractivity contribution in [2.45, 2.75) is 32.9 Å². The average molecular weight is 359 g/mol. The fourth-order valence-electron chi connectivity index (χ4n) is 1.79. The smallest absolute Gasteiger partial charge is 0.164 e. The molecule has 0 unspecified atom stereocenters. The lowest BCUT2D eigenvalue weighted by atomic mass is 10.2. The summed E-state index contributed by atoms with van der Waals surface area (Å²) in [5.41, 5.74) is 1.05. The molecular weight excluding hydrogens is 342 g/mol. The van der Waals surface area contributed by atoms with Crippen molar-refractivity contribution in [2.75, 3.05) is 0 Å². The summed E-state index contributed by atoms with van der Waals surface area (Å²) in [7, 11) is 0. The van der Waals surface area contributed by atoms with Gasteiger partial charge in [0.2, 0.25) is 0 Å². The number of benzene rings is 1. The third-order valence-electron chi connectivity index (χ3n) is 2.74. The molecule has 0 N–H and O–H groups in total. The molecule has 6 heteroatoms. The second-order valence-corrected chi connectivity index (χ2v) is 6.06. The molecular formula is C14H17BrClN3O. The van der Waals surface area contributed by atoms with Gasteiger partial charge in [-0.1, -0.05) is 19.9 Å². The van der Waals surface area contributed by atoms with Crippen LogP contribution in [0.1, 0.15) is 25.2 Å². The lowest BCUT2D eigenvalue weighted by Gasteiger charge is -2.11. The van der Waals surface area contributed by atoms with E-state index in [0.717, 1.165) is 28.2 Å². The zero-order valence-electron chi connectivity index (χ0n) is 11.5. The van der Waals surface area contributed by atoms with Crippen molar-refractivity contribution < 1.29 is 4.74 Å². The predicted octanol–water partition coefficient (Wildman–Crippen LogP) is 4.01. The molecule has 0 saturated carbocycles. The van der Waals surface area contributed by atoms with Gasteiger partial charge < -0.3 is 4.74 Å². The van der Waals surface area contributed by atoms with Crippen molar-refractivity contribution in [3.63, 3.8) is 0 Å². The van der Waals surface area contributed by atoms with Crippen LogP contribution in [0.3, 0.4) is 0 Å². The van der Waals surface area contributed by atoms with Gasteiger partial charge in [-0.25, -0.2) is 9.67 Å². The number of alkyl halides is 1.